The smallest absolute Gasteiger partial charge is 0.345 e. The fourth-order valence-corrected chi connectivity index (χ4v) is 5.86. The van der Waals surface area contributed by atoms with Crippen molar-refractivity contribution in [2.45, 2.75) is 37.0 Å². The number of carboxylic acid groups (broad SMARTS) is 1. The van der Waals surface area contributed by atoms with Gasteiger partial charge in [-0.2, -0.15) is 0 Å². The first-order chi connectivity index (χ1) is 9.40. The Morgan fingerprint density at radius 1 is 1.45 bits per heavy atom. The number of hydrogen-bond acceptors (Lipinski definition) is 4. The van der Waals surface area contributed by atoms with E-state index >= 15 is 0 Å². The van der Waals surface area contributed by atoms with E-state index in [0.717, 1.165) is 17.8 Å². The first-order valence-corrected chi connectivity index (χ1v) is 9.51. The number of carbonyl (C=O) groups is 1. The Morgan fingerprint density at radius 2 is 2.10 bits per heavy atom. The molecule has 1 fully saturated rings. The summed E-state index contributed by atoms with van der Waals surface area (Å²) in [5, 5.41) is 8.88. The fourth-order valence-electron chi connectivity index (χ4n) is 2.41. The van der Waals surface area contributed by atoms with Crippen LogP contribution >= 0.6 is 27.3 Å². The molecule has 0 bridgehead atoms. The molecule has 0 aromatic carbocycles. The van der Waals surface area contributed by atoms with Gasteiger partial charge in [-0.1, -0.05) is 25.7 Å². The molecule has 1 aliphatic rings. The molecular formula is C12H16BrNO4S2. The van der Waals surface area contributed by atoms with Gasteiger partial charge in [-0.05, 0) is 34.3 Å². The molecule has 0 atom stereocenters. The van der Waals surface area contributed by atoms with Crippen LogP contribution in [-0.2, 0) is 10.0 Å². The number of thiophene rings is 1. The predicted octanol–water partition coefficient (Wildman–Crippen LogP) is 3.07. The van der Waals surface area contributed by atoms with E-state index in [1.54, 1.807) is 0 Å². The maximum Gasteiger partial charge on any atom is 0.345 e. The summed E-state index contributed by atoms with van der Waals surface area (Å²) in [6.07, 6.45) is 5.65. The van der Waals surface area contributed by atoms with E-state index in [2.05, 4.69) is 20.7 Å². The summed E-state index contributed by atoms with van der Waals surface area (Å²) >= 11 is 4.02. The summed E-state index contributed by atoms with van der Waals surface area (Å²) < 4.78 is 27.1. The van der Waals surface area contributed by atoms with Crippen molar-refractivity contribution in [2.75, 3.05) is 6.54 Å². The molecule has 1 heterocycles. The lowest BCUT2D eigenvalue weighted by atomic mass is 10.1. The third-order valence-electron chi connectivity index (χ3n) is 3.48. The van der Waals surface area contributed by atoms with Crippen molar-refractivity contribution in [3.8, 4) is 0 Å². The molecular weight excluding hydrogens is 366 g/mol. The quantitative estimate of drug-likeness (QED) is 0.792. The van der Waals surface area contributed by atoms with Crippen LogP contribution in [-0.4, -0.2) is 26.0 Å². The minimum absolute atomic E-state index is 0.00585. The van der Waals surface area contributed by atoms with Crippen molar-refractivity contribution in [3.63, 3.8) is 0 Å². The van der Waals surface area contributed by atoms with Gasteiger partial charge in [0.1, 0.15) is 9.77 Å². The molecule has 1 aromatic rings. The lowest BCUT2D eigenvalue weighted by Gasteiger charge is -2.09. The Morgan fingerprint density at radius 3 is 2.65 bits per heavy atom. The zero-order chi connectivity index (χ0) is 14.8. The third-order valence-corrected chi connectivity index (χ3v) is 7.18. The standard InChI is InChI=1S/C12H16BrNO4S2/c13-11-10(7-9(19-11)12(15)16)20(17,18)14-6-5-8-3-1-2-4-8/h7-8,14H,1-6H2,(H,15,16). The molecule has 2 rings (SSSR count). The van der Waals surface area contributed by atoms with Gasteiger partial charge in [0.05, 0.1) is 3.79 Å². The highest BCUT2D eigenvalue weighted by Gasteiger charge is 2.23. The van der Waals surface area contributed by atoms with Gasteiger partial charge in [0, 0.05) is 6.54 Å². The number of rotatable bonds is 6. The molecule has 0 radical (unpaired) electrons. The fraction of sp³-hybridized carbons (Fsp3) is 0.583. The second-order valence-corrected chi connectivity index (χ2v) is 9.00. The Balaban J connectivity index is 2.00. The van der Waals surface area contributed by atoms with Crippen molar-refractivity contribution >= 4 is 43.3 Å². The number of nitrogens with one attached hydrogen (secondary N) is 1. The Kier molecular flexibility index (Phi) is 5.22. The first kappa shape index (κ1) is 15.9. The van der Waals surface area contributed by atoms with E-state index in [9.17, 15) is 13.2 Å². The average Bonchev–Trinajstić information content (AvgIpc) is 2.98. The molecule has 0 aliphatic heterocycles. The van der Waals surface area contributed by atoms with Crippen LogP contribution in [0.2, 0.25) is 0 Å². The van der Waals surface area contributed by atoms with Crippen LogP contribution in [0.15, 0.2) is 14.7 Å². The van der Waals surface area contributed by atoms with Crippen molar-refractivity contribution < 1.29 is 18.3 Å². The average molecular weight is 382 g/mol. The number of halogens is 1. The summed E-state index contributed by atoms with van der Waals surface area (Å²) in [5.41, 5.74) is 0. The SMILES string of the molecule is O=C(O)c1cc(S(=O)(=O)NCCC2CCCC2)c(Br)s1. The van der Waals surface area contributed by atoms with Crippen LogP contribution < -0.4 is 4.72 Å². The van der Waals surface area contributed by atoms with Gasteiger partial charge in [-0.15, -0.1) is 11.3 Å². The largest absolute Gasteiger partial charge is 0.477 e. The summed E-state index contributed by atoms with van der Waals surface area (Å²) in [6, 6.07) is 1.19. The molecule has 20 heavy (non-hydrogen) atoms. The summed E-state index contributed by atoms with van der Waals surface area (Å²) in [5.74, 6) is -0.513. The third kappa shape index (κ3) is 3.81. The molecule has 8 heteroatoms. The van der Waals surface area contributed by atoms with Crippen LogP contribution in [0.4, 0.5) is 0 Å². The second kappa shape index (κ2) is 6.55. The number of hydrogen-bond donors (Lipinski definition) is 2. The van der Waals surface area contributed by atoms with Crippen LogP contribution in [0.25, 0.3) is 0 Å². The van der Waals surface area contributed by atoms with E-state index in [-0.39, 0.29) is 9.77 Å². The van der Waals surface area contributed by atoms with Crippen molar-refractivity contribution in [2.24, 2.45) is 5.92 Å². The van der Waals surface area contributed by atoms with Crippen molar-refractivity contribution in [1.29, 1.82) is 0 Å². The van der Waals surface area contributed by atoms with Gasteiger partial charge in [-0.3, -0.25) is 0 Å². The highest BCUT2D eigenvalue weighted by molar-refractivity contribution is 9.11. The lowest BCUT2D eigenvalue weighted by molar-refractivity contribution is 0.0702. The Labute approximate surface area is 130 Å². The van der Waals surface area contributed by atoms with Crippen molar-refractivity contribution in [1.82, 2.24) is 4.72 Å². The van der Waals surface area contributed by atoms with Crippen LogP contribution in [0, 0.1) is 5.92 Å². The normalized spacial score (nSPS) is 16.6. The van der Waals surface area contributed by atoms with Gasteiger partial charge >= 0.3 is 5.97 Å². The van der Waals surface area contributed by atoms with E-state index in [0.29, 0.717) is 16.2 Å². The second-order valence-electron chi connectivity index (χ2n) is 4.89. The molecule has 5 nitrogen and oxygen atoms in total. The molecule has 0 spiro atoms. The number of aromatic carboxylic acids is 1. The van der Waals surface area contributed by atoms with Gasteiger partial charge in [-0.25, -0.2) is 17.9 Å². The van der Waals surface area contributed by atoms with E-state index in [4.69, 9.17) is 5.11 Å². The van der Waals surface area contributed by atoms with Gasteiger partial charge < -0.3 is 5.11 Å². The predicted molar refractivity (Wildman–Crippen MR) is 80.7 cm³/mol. The topological polar surface area (TPSA) is 83.5 Å². The van der Waals surface area contributed by atoms with Gasteiger partial charge in [0.15, 0.2) is 0 Å². The maximum atomic E-state index is 12.1. The molecule has 112 valence electrons. The zero-order valence-corrected chi connectivity index (χ0v) is 14.0. The lowest BCUT2D eigenvalue weighted by Crippen LogP contribution is -2.25. The molecule has 0 unspecified atom stereocenters. The van der Waals surface area contributed by atoms with Crippen molar-refractivity contribution in [3.05, 3.63) is 14.7 Å². The summed E-state index contributed by atoms with van der Waals surface area (Å²) in [6.45, 7) is 0.400. The van der Waals surface area contributed by atoms with Crippen LogP contribution in [0.3, 0.4) is 0 Å². The molecule has 1 aliphatic carbocycles. The maximum absolute atomic E-state index is 12.1. The minimum Gasteiger partial charge on any atom is -0.477 e. The molecule has 0 saturated heterocycles. The van der Waals surface area contributed by atoms with Gasteiger partial charge in [0.25, 0.3) is 0 Å². The number of carboxylic acids is 1. The first-order valence-electron chi connectivity index (χ1n) is 6.42. The van der Waals surface area contributed by atoms with E-state index < -0.39 is 16.0 Å². The van der Waals surface area contributed by atoms with Gasteiger partial charge in [0.2, 0.25) is 10.0 Å². The Bertz CT molecular complexity index is 591. The van der Waals surface area contributed by atoms with E-state index in [1.807, 2.05) is 0 Å². The summed E-state index contributed by atoms with van der Waals surface area (Å²) in [4.78, 5) is 10.9. The van der Waals surface area contributed by atoms with Crippen LogP contribution in [0.1, 0.15) is 41.8 Å². The minimum atomic E-state index is -3.65. The zero-order valence-electron chi connectivity index (χ0n) is 10.8. The summed E-state index contributed by atoms with van der Waals surface area (Å²) in [7, 11) is -3.65. The molecule has 1 aromatic heterocycles. The number of sulfonamides is 1. The molecule has 0 amide bonds. The van der Waals surface area contributed by atoms with E-state index in [1.165, 1.54) is 31.7 Å². The van der Waals surface area contributed by atoms with Crippen LogP contribution in [0.5, 0.6) is 0 Å². The molecule has 1 saturated carbocycles. The Hall–Kier alpha value is -0.440. The monoisotopic (exact) mass is 381 g/mol. The highest BCUT2D eigenvalue weighted by Crippen LogP contribution is 2.32. The molecule has 2 N–H and O–H groups in total. The highest BCUT2D eigenvalue weighted by atomic mass is 79.9.